The first kappa shape index (κ1) is 9.14. The van der Waals surface area contributed by atoms with E-state index in [-0.39, 0.29) is 11.8 Å². The van der Waals surface area contributed by atoms with Crippen molar-refractivity contribution in [1.82, 2.24) is 4.90 Å². The fourth-order valence-corrected chi connectivity index (χ4v) is 0.506. The van der Waals surface area contributed by atoms with Crippen LogP contribution in [0.15, 0.2) is 0 Å². The van der Waals surface area contributed by atoms with E-state index >= 15 is 0 Å². The van der Waals surface area contributed by atoms with E-state index in [1.165, 1.54) is 4.90 Å². The zero-order valence-corrected chi connectivity index (χ0v) is 6.63. The quantitative estimate of drug-likeness (QED) is 0.533. The lowest BCUT2D eigenvalue weighted by molar-refractivity contribution is -0.131. The molecule has 0 bridgehead atoms. The van der Waals surface area contributed by atoms with E-state index in [9.17, 15) is 9.59 Å². The van der Waals surface area contributed by atoms with E-state index in [1.54, 1.807) is 21.0 Å². The van der Waals surface area contributed by atoms with E-state index in [0.717, 1.165) is 6.29 Å². The fraction of sp³-hybridized carbons (Fsp3) is 0.714. The monoisotopic (exact) mass is 143 g/mol. The van der Waals surface area contributed by atoms with Gasteiger partial charge in [0.1, 0.15) is 6.29 Å². The van der Waals surface area contributed by atoms with Crippen LogP contribution in [-0.2, 0) is 9.59 Å². The molecule has 3 heteroatoms. The Morgan fingerprint density at radius 2 is 2.10 bits per heavy atom. The molecule has 0 spiro atoms. The minimum atomic E-state index is -0.158. The van der Waals surface area contributed by atoms with Crippen LogP contribution in [0.25, 0.3) is 0 Å². The maximum Gasteiger partial charge on any atom is 0.222 e. The number of hydrogen-bond acceptors (Lipinski definition) is 2. The third-order valence-corrected chi connectivity index (χ3v) is 1.23. The highest BCUT2D eigenvalue weighted by Gasteiger charge is 2.08. The van der Waals surface area contributed by atoms with Gasteiger partial charge in [-0.25, -0.2) is 0 Å². The smallest absolute Gasteiger partial charge is 0.222 e. The minimum Gasteiger partial charge on any atom is -0.349 e. The molecule has 0 aliphatic carbocycles. The SMILES string of the molecule is CC(C=O)CC(=O)N(C)C. The van der Waals surface area contributed by atoms with Crippen molar-refractivity contribution in [2.45, 2.75) is 13.3 Å². The predicted molar refractivity (Wildman–Crippen MR) is 38.5 cm³/mol. The van der Waals surface area contributed by atoms with Crippen molar-refractivity contribution in [3.05, 3.63) is 0 Å². The standard InChI is InChI=1S/C7H13NO2/c1-6(5-9)4-7(10)8(2)3/h5-6H,4H2,1-3H3. The summed E-state index contributed by atoms with van der Waals surface area (Å²) in [5.41, 5.74) is 0. The topological polar surface area (TPSA) is 37.4 Å². The van der Waals surface area contributed by atoms with Gasteiger partial charge in [0.25, 0.3) is 0 Å². The minimum absolute atomic E-state index is 0.000370. The summed E-state index contributed by atoms with van der Waals surface area (Å²) in [5, 5.41) is 0. The van der Waals surface area contributed by atoms with E-state index in [0.29, 0.717) is 6.42 Å². The summed E-state index contributed by atoms with van der Waals surface area (Å²) in [6.45, 7) is 1.73. The number of amides is 1. The third-order valence-electron chi connectivity index (χ3n) is 1.23. The van der Waals surface area contributed by atoms with Crippen LogP contribution in [0.1, 0.15) is 13.3 Å². The predicted octanol–water partition coefficient (Wildman–Crippen LogP) is 0.300. The maximum absolute atomic E-state index is 10.9. The molecule has 58 valence electrons. The number of carbonyl (C=O) groups excluding carboxylic acids is 2. The number of nitrogens with zero attached hydrogens (tertiary/aromatic N) is 1. The fourth-order valence-electron chi connectivity index (χ4n) is 0.506. The second-order valence-electron chi connectivity index (χ2n) is 2.61. The molecule has 0 aromatic carbocycles. The highest BCUT2D eigenvalue weighted by atomic mass is 16.2. The van der Waals surface area contributed by atoms with Crippen LogP contribution in [-0.4, -0.2) is 31.2 Å². The average molecular weight is 143 g/mol. The van der Waals surface area contributed by atoms with Gasteiger partial charge in [-0.15, -0.1) is 0 Å². The molecule has 1 unspecified atom stereocenters. The zero-order valence-electron chi connectivity index (χ0n) is 6.63. The molecule has 0 aliphatic rings. The number of aldehydes is 1. The van der Waals surface area contributed by atoms with Gasteiger partial charge in [-0.2, -0.15) is 0 Å². The maximum atomic E-state index is 10.9. The molecule has 3 nitrogen and oxygen atoms in total. The van der Waals surface area contributed by atoms with Gasteiger partial charge in [0, 0.05) is 26.4 Å². The van der Waals surface area contributed by atoms with Crippen LogP contribution in [0.5, 0.6) is 0 Å². The molecule has 0 radical (unpaired) electrons. The molecule has 1 atom stereocenters. The second-order valence-corrected chi connectivity index (χ2v) is 2.61. The Hall–Kier alpha value is -0.860. The molecule has 10 heavy (non-hydrogen) atoms. The van der Waals surface area contributed by atoms with Crippen LogP contribution in [0.4, 0.5) is 0 Å². The zero-order chi connectivity index (χ0) is 8.15. The summed E-state index contributed by atoms with van der Waals surface area (Å²) in [6, 6.07) is 0. The van der Waals surface area contributed by atoms with Crippen molar-refractivity contribution in [1.29, 1.82) is 0 Å². The van der Waals surface area contributed by atoms with Crippen LogP contribution >= 0.6 is 0 Å². The summed E-state index contributed by atoms with van der Waals surface area (Å²) < 4.78 is 0. The molecule has 1 amide bonds. The Morgan fingerprint density at radius 3 is 2.40 bits per heavy atom. The molecule has 0 N–H and O–H groups in total. The summed E-state index contributed by atoms with van der Waals surface area (Å²) in [4.78, 5) is 22.5. The van der Waals surface area contributed by atoms with Gasteiger partial charge in [0.2, 0.25) is 5.91 Å². The van der Waals surface area contributed by atoms with Crippen LogP contribution in [0.2, 0.25) is 0 Å². The van der Waals surface area contributed by atoms with Crippen molar-refractivity contribution in [3.63, 3.8) is 0 Å². The third kappa shape index (κ3) is 3.22. The van der Waals surface area contributed by atoms with E-state index in [1.807, 2.05) is 0 Å². The van der Waals surface area contributed by atoms with E-state index < -0.39 is 0 Å². The van der Waals surface area contributed by atoms with Gasteiger partial charge in [-0.3, -0.25) is 4.79 Å². The van der Waals surface area contributed by atoms with E-state index in [2.05, 4.69) is 0 Å². The average Bonchev–Trinajstić information content (AvgIpc) is 1.87. The summed E-state index contributed by atoms with van der Waals surface area (Å²) in [6.07, 6.45) is 1.11. The number of rotatable bonds is 3. The van der Waals surface area contributed by atoms with Crippen molar-refractivity contribution in [2.75, 3.05) is 14.1 Å². The first-order valence-electron chi connectivity index (χ1n) is 3.23. The lowest BCUT2D eigenvalue weighted by atomic mass is 10.1. The molecule has 0 aromatic heterocycles. The number of carbonyl (C=O) groups is 2. The molecular weight excluding hydrogens is 130 g/mol. The Kier molecular flexibility index (Phi) is 3.69. The lowest BCUT2D eigenvalue weighted by Crippen LogP contribution is -2.23. The second kappa shape index (κ2) is 4.04. The van der Waals surface area contributed by atoms with Gasteiger partial charge in [0.05, 0.1) is 0 Å². The number of hydrogen-bond donors (Lipinski definition) is 0. The molecule has 0 rings (SSSR count). The lowest BCUT2D eigenvalue weighted by Gasteiger charge is -2.10. The van der Waals surface area contributed by atoms with Crippen LogP contribution < -0.4 is 0 Å². The largest absolute Gasteiger partial charge is 0.349 e. The first-order valence-corrected chi connectivity index (χ1v) is 3.23. The van der Waals surface area contributed by atoms with Crippen LogP contribution in [0, 0.1) is 5.92 Å². The molecule has 0 aliphatic heterocycles. The summed E-state index contributed by atoms with van der Waals surface area (Å²) in [7, 11) is 3.36. The molecule has 0 heterocycles. The Labute approximate surface area is 61.0 Å². The summed E-state index contributed by atoms with van der Waals surface area (Å²) in [5.74, 6) is -0.158. The molecular formula is C7H13NO2. The van der Waals surface area contributed by atoms with Gasteiger partial charge in [0.15, 0.2) is 0 Å². The van der Waals surface area contributed by atoms with Crippen molar-refractivity contribution in [3.8, 4) is 0 Å². The van der Waals surface area contributed by atoms with Crippen molar-refractivity contribution in [2.24, 2.45) is 5.92 Å². The van der Waals surface area contributed by atoms with Crippen molar-refractivity contribution < 1.29 is 9.59 Å². The Balaban J connectivity index is 3.68. The normalized spacial score (nSPS) is 12.3. The molecule has 0 saturated carbocycles. The van der Waals surface area contributed by atoms with Gasteiger partial charge in [-0.05, 0) is 0 Å². The van der Waals surface area contributed by atoms with Gasteiger partial charge in [-0.1, -0.05) is 6.92 Å². The van der Waals surface area contributed by atoms with E-state index in [4.69, 9.17) is 0 Å². The highest BCUT2D eigenvalue weighted by Crippen LogP contribution is 1.98. The van der Waals surface area contributed by atoms with Crippen LogP contribution in [0.3, 0.4) is 0 Å². The molecule has 0 fully saturated rings. The summed E-state index contributed by atoms with van der Waals surface area (Å²) >= 11 is 0. The highest BCUT2D eigenvalue weighted by molar-refractivity contribution is 5.78. The van der Waals surface area contributed by atoms with Crippen molar-refractivity contribution >= 4 is 12.2 Å². The molecule has 0 saturated heterocycles. The Bertz CT molecular complexity index is 132. The Morgan fingerprint density at radius 1 is 1.60 bits per heavy atom. The van der Waals surface area contributed by atoms with Gasteiger partial charge < -0.3 is 9.69 Å². The van der Waals surface area contributed by atoms with Gasteiger partial charge >= 0.3 is 0 Å². The first-order chi connectivity index (χ1) is 4.57. The molecule has 0 aromatic rings.